The number of aromatic nitrogens is 2. The molecule has 0 amide bonds. The second kappa shape index (κ2) is 5.61. The van der Waals surface area contributed by atoms with Crippen LogP contribution in [0.1, 0.15) is 30.5 Å². The van der Waals surface area contributed by atoms with Gasteiger partial charge in [0.15, 0.2) is 17.3 Å². The number of likely N-dealkylation sites (N-methyl/N-ethyl adjacent to an activating group) is 1. The molecule has 0 spiro atoms. The highest BCUT2D eigenvalue weighted by Gasteiger charge is 2.29. The molecule has 0 radical (unpaired) electrons. The molecule has 4 rings (SSSR count). The van der Waals surface area contributed by atoms with E-state index in [1.807, 2.05) is 31.3 Å². The van der Waals surface area contributed by atoms with Crippen molar-refractivity contribution in [3.63, 3.8) is 0 Å². The first-order chi connectivity index (χ1) is 10.8. The average molecular weight is 301 g/mol. The molecule has 6 heteroatoms. The molecule has 0 N–H and O–H groups in total. The van der Waals surface area contributed by atoms with E-state index in [0.29, 0.717) is 25.0 Å². The van der Waals surface area contributed by atoms with Gasteiger partial charge in [-0.15, -0.1) is 0 Å². The maximum atomic E-state index is 5.96. The van der Waals surface area contributed by atoms with Gasteiger partial charge in [0, 0.05) is 12.5 Å². The lowest BCUT2D eigenvalue weighted by atomic mass is 10.2. The Morgan fingerprint density at radius 2 is 2.05 bits per heavy atom. The van der Waals surface area contributed by atoms with Crippen molar-refractivity contribution in [3.05, 3.63) is 36.0 Å². The number of ether oxygens (including phenoxy) is 2. The van der Waals surface area contributed by atoms with Crippen LogP contribution in [0, 0.1) is 0 Å². The van der Waals surface area contributed by atoms with Crippen LogP contribution in [-0.2, 0) is 6.54 Å². The van der Waals surface area contributed by atoms with Gasteiger partial charge in [-0.2, -0.15) is 4.98 Å². The molecular formula is C16H19N3O3. The molecule has 1 atom stereocenters. The Morgan fingerprint density at radius 3 is 2.86 bits per heavy atom. The zero-order chi connectivity index (χ0) is 14.9. The zero-order valence-corrected chi connectivity index (χ0v) is 12.6. The topological polar surface area (TPSA) is 60.6 Å². The summed E-state index contributed by atoms with van der Waals surface area (Å²) in [6, 6.07) is 7.75. The Kier molecular flexibility index (Phi) is 3.46. The summed E-state index contributed by atoms with van der Waals surface area (Å²) in [5, 5.41) is 4.04. The van der Waals surface area contributed by atoms with E-state index in [1.54, 1.807) is 0 Å². The normalized spacial score (nSPS) is 20.4. The molecule has 22 heavy (non-hydrogen) atoms. The van der Waals surface area contributed by atoms with Crippen molar-refractivity contribution in [2.75, 3.05) is 20.2 Å². The van der Waals surface area contributed by atoms with Gasteiger partial charge in [0.1, 0.15) is 12.7 Å². The van der Waals surface area contributed by atoms with Gasteiger partial charge in [0.25, 0.3) is 0 Å². The molecule has 6 nitrogen and oxygen atoms in total. The number of nitrogens with zero attached hydrogens (tertiary/aromatic N) is 3. The van der Waals surface area contributed by atoms with Gasteiger partial charge in [-0.1, -0.05) is 17.3 Å². The Balaban J connectivity index is 1.33. The summed E-state index contributed by atoms with van der Waals surface area (Å²) >= 11 is 0. The lowest BCUT2D eigenvalue weighted by Crippen LogP contribution is -2.39. The smallest absolute Gasteiger partial charge is 0.240 e. The molecule has 1 aliphatic heterocycles. The minimum atomic E-state index is 0.00530. The second-order valence-electron chi connectivity index (χ2n) is 6.01. The molecule has 1 fully saturated rings. The zero-order valence-electron chi connectivity index (χ0n) is 12.6. The molecule has 1 aromatic heterocycles. The van der Waals surface area contributed by atoms with E-state index in [1.165, 1.54) is 12.8 Å². The predicted molar refractivity (Wildman–Crippen MR) is 79.0 cm³/mol. The van der Waals surface area contributed by atoms with E-state index in [2.05, 4.69) is 15.0 Å². The lowest BCUT2D eigenvalue weighted by Gasteiger charge is -2.29. The lowest BCUT2D eigenvalue weighted by molar-refractivity contribution is 0.0613. The Labute approximate surface area is 129 Å². The van der Waals surface area contributed by atoms with E-state index in [4.69, 9.17) is 14.0 Å². The van der Waals surface area contributed by atoms with Crippen molar-refractivity contribution in [1.82, 2.24) is 15.0 Å². The predicted octanol–water partition coefficient (Wildman–Crippen LogP) is 2.22. The van der Waals surface area contributed by atoms with Gasteiger partial charge in [-0.05, 0) is 32.0 Å². The molecule has 116 valence electrons. The first-order valence-corrected chi connectivity index (χ1v) is 7.67. The van der Waals surface area contributed by atoms with E-state index >= 15 is 0 Å². The minimum Gasteiger partial charge on any atom is -0.486 e. The first-order valence-electron chi connectivity index (χ1n) is 7.67. The van der Waals surface area contributed by atoms with Crippen LogP contribution in [0.15, 0.2) is 28.8 Å². The summed E-state index contributed by atoms with van der Waals surface area (Å²) < 4.78 is 17.0. The third-order valence-electron chi connectivity index (χ3n) is 3.91. The highest BCUT2D eigenvalue weighted by Crippen LogP contribution is 2.38. The molecule has 2 heterocycles. The fourth-order valence-electron chi connectivity index (χ4n) is 2.64. The molecule has 0 saturated heterocycles. The number of fused-ring (bicyclic) bond motifs is 1. The SMILES string of the molecule is CN(Cc1nc(C2CC2)no1)C[C@@H]1COc2ccccc2O1. The third-order valence-corrected chi connectivity index (χ3v) is 3.91. The van der Waals surface area contributed by atoms with Crippen molar-refractivity contribution < 1.29 is 14.0 Å². The van der Waals surface area contributed by atoms with Crippen LogP contribution in [0.3, 0.4) is 0 Å². The van der Waals surface area contributed by atoms with Gasteiger partial charge in [-0.25, -0.2) is 0 Å². The Bertz CT molecular complexity index is 654. The largest absolute Gasteiger partial charge is 0.486 e. The van der Waals surface area contributed by atoms with Crippen LogP contribution >= 0.6 is 0 Å². The van der Waals surface area contributed by atoms with Crippen LogP contribution in [0.4, 0.5) is 0 Å². The van der Waals surface area contributed by atoms with Gasteiger partial charge in [0.2, 0.25) is 5.89 Å². The number of hydrogen-bond donors (Lipinski definition) is 0. The van der Waals surface area contributed by atoms with E-state index in [0.717, 1.165) is 23.9 Å². The fourth-order valence-corrected chi connectivity index (χ4v) is 2.64. The molecule has 0 bridgehead atoms. The summed E-state index contributed by atoms with van der Waals surface area (Å²) in [6.07, 6.45) is 2.37. The van der Waals surface area contributed by atoms with Crippen LogP contribution in [0.2, 0.25) is 0 Å². The van der Waals surface area contributed by atoms with Crippen molar-refractivity contribution in [2.24, 2.45) is 0 Å². The van der Waals surface area contributed by atoms with Crippen LogP contribution < -0.4 is 9.47 Å². The van der Waals surface area contributed by atoms with Crippen molar-refractivity contribution in [2.45, 2.75) is 31.4 Å². The minimum absolute atomic E-state index is 0.00530. The maximum Gasteiger partial charge on any atom is 0.240 e. The quantitative estimate of drug-likeness (QED) is 0.844. The van der Waals surface area contributed by atoms with Gasteiger partial charge >= 0.3 is 0 Å². The van der Waals surface area contributed by atoms with E-state index < -0.39 is 0 Å². The van der Waals surface area contributed by atoms with Crippen LogP contribution in [0.25, 0.3) is 0 Å². The van der Waals surface area contributed by atoms with Gasteiger partial charge in [0.05, 0.1) is 6.54 Å². The summed E-state index contributed by atoms with van der Waals surface area (Å²) in [5.41, 5.74) is 0. The highest BCUT2D eigenvalue weighted by atomic mass is 16.6. The Hall–Kier alpha value is -2.08. The summed E-state index contributed by atoms with van der Waals surface area (Å²) in [5.74, 6) is 3.67. The van der Waals surface area contributed by atoms with E-state index in [-0.39, 0.29) is 6.10 Å². The molecule has 1 saturated carbocycles. The Morgan fingerprint density at radius 1 is 1.23 bits per heavy atom. The fraction of sp³-hybridized carbons (Fsp3) is 0.500. The molecule has 1 aromatic carbocycles. The maximum absolute atomic E-state index is 5.96. The average Bonchev–Trinajstić information content (AvgIpc) is 3.28. The standard InChI is InChI=1S/C16H19N3O3/c1-19(9-15-17-16(18-22-15)11-6-7-11)8-12-10-20-13-4-2-3-5-14(13)21-12/h2-5,11-12H,6-10H2,1H3/t12-/m1/s1. The van der Waals surface area contributed by atoms with Crippen molar-refractivity contribution in [1.29, 1.82) is 0 Å². The van der Waals surface area contributed by atoms with Crippen molar-refractivity contribution >= 4 is 0 Å². The number of hydrogen-bond acceptors (Lipinski definition) is 6. The van der Waals surface area contributed by atoms with E-state index in [9.17, 15) is 0 Å². The molecule has 0 unspecified atom stereocenters. The first kappa shape index (κ1) is 13.6. The molecular weight excluding hydrogens is 282 g/mol. The summed E-state index contributed by atoms with van der Waals surface area (Å²) in [7, 11) is 2.02. The monoisotopic (exact) mass is 301 g/mol. The molecule has 2 aromatic rings. The highest BCUT2D eigenvalue weighted by molar-refractivity contribution is 5.40. The van der Waals surface area contributed by atoms with Crippen molar-refractivity contribution in [3.8, 4) is 11.5 Å². The number of para-hydroxylation sites is 2. The number of benzene rings is 1. The third kappa shape index (κ3) is 2.92. The number of rotatable bonds is 5. The summed E-state index contributed by atoms with van der Waals surface area (Å²) in [6.45, 7) is 1.93. The molecule has 2 aliphatic rings. The molecule has 1 aliphatic carbocycles. The van der Waals surface area contributed by atoms with Crippen LogP contribution in [0.5, 0.6) is 11.5 Å². The summed E-state index contributed by atoms with van der Waals surface area (Å²) in [4.78, 5) is 6.57. The van der Waals surface area contributed by atoms with Gasteiger partial charge in [-0.3, -0.25) is 4.90 Å². The second-order valence-corrected chi connectivity index (χ2v) is 6.01. The van der Waals surface area contributed by atoms with Gasteiger partial charge < -0.3 is 14.0 Å². The van der Waals surface area contributed by atoms with Crippen LogP contribution in [-0.4, -0.2) is 41.3 Å².